The number of nitrogens with zero attached hydrogens (tertiary/aromatic N) is 2. The molecule has 2 aromatic carbocycles. The Kier molecular flexibility index (Phi) is 6.20. The van der Waals surface area contributed by atoms with E-state index in [1.54, 1.807) is 45.0 Å². The lowest BCUT2D eigenvalue weighted by atomic mass is 10.1. The van der Waals surface area contributed by atoms with Crippen molar-refractivity contribution in [3.05, 3.63) is 69.1 Å². The molecule has 1 aromatic heterocycles. The van der Waals surface area contributed by atoms with Gasteiger partial charge in [-0.1, -0.05) is 19.1 Å². The fraction of sp³-hybridized carbons (Fsp3) is 0.304. The normalized spacial score (nSPS) is 12.6. The van der Waals surface area contributed by atoms with Crippen LogP contribution in [-0.2, 0) is 11.0 Å². The van der Waals surface area contributed by atoms with Crippen LogP contribution in [0.2, 0.25) is 0 Å². The Hall–Kier alpha value is -3.49. The van der Waals surface area contributed by atoms with Crippen molar-refractivity contribution in [2.45, 2.75) is 46.3 Å². The number of benzene rings is 2. The number of carbonyl (C=O) groups is 2. The van der Waals surface area contributed by atoms with Crippen molar-refractivity contribution in [1.29, 1.82) is 0 Å². The topological polar surface area (TPSA) is 81.1 Å². The monoisotopic (exact) mass is 445 g/mol. The second-order valence-corrected chi connectivity index (χ2v) is 7.61. The van der Waals surface area contributed by atoms with Gasteiger partial charge in [-0.15, -0.1) is 0 Å². The highest BCUT2D eigenvalue weighted by atomic mass is 19.4. The maximum atomic E-state index is 13.6. The Morgan fingerprint density at radius 1 is 1.12 bits per heavy atom. The first kappa shape index (κ1) is 23.2. The van der Waals surface area contributed by atoms with Crippen molar-refractivity contribution < 1.29 is 22.8 Å². The number of Topliss-reactive ketones (excluding diaryl/α,β-unsaturated/α-hetero) is 1. The Morgan fingerprint density at radius 3 is 2.38 bits per heavy atom. The summed E-state index contributed by atoms with van der Waals surface area (Å²) in [6, 6.07) is 7.99. The van der Waals surface area contributed by atoms with E-state index in [-0.39, 0.29) is 23.2 Å². The van der Waals surface area contributed by atoms with E-state index in [0.29, 0.717) is 16.8 Å². The van der Waals surface area contributed by atoms with Crippen molar-refractivity contribution in [3.8, 4) is 0 Å². The Labute approximate surface area is 182 Å². The van der Waals surface area contributed by atoms with E-state index >= 15 is 0 Å². The predicted molar refractivity (Wildman–Crippen MR) is 115 cm³/mol. The van der Waals surface area contributed by atoms with Gasteiger partial charge in [0.15, 0.2) is 5.78 Å². The number of alkyl halides is 3. The standard InChI is InChI=1S/C23H22F3N3O3/c1-5-18(21(31)27-16-8-6-7-15(11-16)14(4)30)29-19-10-13(3)12(2)9-17(19)28-20(22(29)32)23(24,25)26/h6-11,18H,5H2,1-4H3,(H,27,31)/t18-/m0/s1. The molecule has 0 aliphatic rings. The lowest BCUT2D eigenvalue weighted by molar-refractivity contribution is -0.142. The maximum absolute atomic E-state index is 13.6. The van der Waals surface area contributed by atoms with E-state index in [1.165, 1.54) is 19.1 Å². The summed E-state index contributed by atoms with van der Waals surface area (Å²) in [5, 5.41) is 2.61. The summed E-state index contributed by atoms with van der Waals surface area (Å²) in [5.41, 5.74) is -0.705. The molecule has 1 atom stereocenters. The number of nitrogens with one attached hydrogen (secondary N) is 1. The number of amides is 1. The zero-order valence-electron chi connectivity index (χ0n) is 18.0. The summed E-state index contributed by atoms with van der Waals surface area (Å²) in [6.07, 6.45) is -4.92. The van der Waals surface area contributed by atoms with E-state index < -0.39 is 29.4 Å². The molecular weight excluding hydrogens is 423 g/mol. The van der Waals surface area contributed by atoms with Crippen molar-refractivity contribution in [3.63, 3.8) is 0 Å². The SMILES string of the molecule is CC[C@@H](C(=O)Nc1cccc(C(C)=O)c1)n1c(=O)c(C(F)(F)F)nc2cc(C)c(C)cc21. The zero-order valence-corrected chi connectivity index (χ0v) is 18.0. The minimum absolute atomic E-state index is 0.0233. The van der Waals surface area contributed by atoms with Crippen LogP contribution in [0.1, 0.15) is 53.5 Å². The largest absolute Gasteiger partial charge is 0.438 e. The van der Waals surface area contributed by atoms with Crippen LogP contribution in [0.25, 0.3) is 11.0 Å². The van der Waals surface area contributed by atoms with Crippen LogP contribution < -0.4 is 10.9 Å². The number of hydrogen-bond acceptors (Lipinski definition) is 4. The van der Waals surface area contributed by atoms with Crippen LogP contribution in [-0.4, -0.2) is 21.2 Å². The maximum Gasteiger partial charge on any atom is 0.438 e. The molecule has 0 unspecified atom stereocenters. The average Bonchev–Trinajstić information content (AvgIpc) is 2.70. The molecule has 168 valence electrons. The average molecular weight is 445 g/mol. The van der Waals surface area contributed by atoms with Gasteiger partial charge in [0, 0.05) is 11.3 Å². The van der Waals surface area contributed by atoms with E-state index in [2.05, 4.69) is 10.3 Å². The number of ketones is 1. The third-order valence-corrected chi connectivity index (χ3v) is 5.31. The third kappa shape index (κ3) is 4.42. The number of halogens is 3. The number of aryl methyl sites for hydroxylation is 2. The van der Waals surface area contributed by atoms with Crippen molar-refractivity contribution in [1.82, 2.24) is 9.55 Å². The van der Waals surface area contributed by atoms with E-state index in [4.69, 9.17) is 0 Å². The van der Waals surface area contributed by atoms with Gasteiger partial charge >= 0.3 is 6.18 Å². The minimum atomic E-state index is -4.98. The first-order valence-electron chi connectivity index (χ1n) is 9.96. The van der Waals surface area contributed by atoms with Gasteiger partial charge in [0.25, 0.3) is 5.56 Å². The smallest absolute Gasteiger partial charge is 0.324 e. The molecule has 0 saturated carbocycles. The second kappa shape index (κ2) is 8.57. The molecule has 0 saturated heterocycles. The van der Waals surface area contributed by atoms with Gasteiger partial charge in [-0.25, -0.2) is 4.98 Å². The number of rotatable bonds is 5. The van der Waals surface area contributed by atoms with Gasteiger partial charge in [-0.05, 0) is 62.6 Å². The summed E-state index contributed by atoms with van der Waals surface area (Å²) >= 11 is 0. The molecule has 1 amide bonds. The minimum Gasteiger partial charge on any atom is -0.324 e. The molecule has 0 fully saturated rings. The lowest BCUT2D eigenvalue weighted by Crippen LogP contribution is -2.37. The molecule has 6 nitrogen and oxygen atoms in total. The highest BCUT2D eigenvalue weighted by Crippen LogP contribution is 2.29. The summed E-state index contributed by atoms with van der Waals surface area (Å²) in [5.74, 6) is -0.876. The second-order valence-electron chi connectivity index (χ2n) is 7.61. The fourth-order valence-electron chi connectivity index (χ4n) is 3.48. The van der Waals surface area contributed by atoms with Crippen LogP contribution in [0.4, 0.5) is 18.9 Å². The quantitative estimate of drug-likeness (QED) is 0.571. The first-order chi connectivity index (χ1) is 14.9. The third-order valence-electron chi connectivity index (χ3n) is 5.31. The van der Waals surface area contributed by atoms with Gasteiger partial charge < -0.3 is 5.32 Å². The lowest BCUT2D eigenvalue weighted by Gasteiger charge is -2.22. The molecule has 1 heterocycles. The highest BCUT2D eigenvalue weighted by molar-refractivity contribution is 5.98. The summed E-state index contributed by atoms with van der Waals surface area (Å²) < 4.78 is 41.6. The zero-order chi connectivity index (χ0) is 23.8. The van der Waals surface area contributed by atoms with Crippen LogP contribution in [0.15, 0.2) is 41.2 Å². The first-order valence-corrected chi connectivity index (χ1v) is 9.96. The molecule has 3 aromatic rings. The molecule has 0 aliphatic heterocycles. The van der Waals surface area contributed by atoms with E-state index in [1.807, 2.05) is 0 Å². The molecule has 32 heavy (non-hydrogen) atoms. The molecule has 0 aliphatic carbocycles. The van der Waals surface area contributed by atoms with Crippen LogP contribution in [0.3, 0.4) is 0 Å². The number of aromatic nitrogens is 2. The van der Waals surface area contributed by atoms with Gasteiger partial charge in [-0.3, -0.25) is 19.0 Å². The molecule has 0 radical (unpaired) electrons. The fourth-order valence-corrected chi connectivity index (χ4v) is 3.48. The summed E-state index contributed by atoms with van der Waals surface area (Å²) in [4.78, 5) is 41.1. The molecule has 3 rings (SSSR count). The molecule has 0 spiro atoms. The van der Waals surface area contributed by atoms with Crippen molar-refractivity contribution >= 4 is 28.4 Å². The van der Waals surface area contributed by atoms with Crippen LogP contribution in [0.5, 0.6) is 0 Å². The Bertz CT molecular complexity index is 1280. The van der Waals surface area contributed by atoms with Crippen LogP contribution >= 0.6 is 0 Å². The number of hydrogen-bond donors (Lipinski definition) is 1. The van der Waals surface area contributed by atoms with Crippen molar-refractivity contribution in [2.75, 3.05) is 5.32 Å². The van der Waals surface area contributed by atoms with E-state index in [0.717, 1.165) is 10.1 Å². The molecule has 1 N–H and O–H groups in total. The number of fused-ring (bicyclic) bond motifs is 1. The molecule has 9 heteroatoms. The molecular formula is C23H22F3N3O3. The molecule has 0 bridgehead atoms. The van der Waals surface area contributed by atoms with Gasteiger partial charge in [0.1, 0.15) is 6.04 Å². The Morgan fingerprint density at radius 2 is 1.78 bits per heavy atom. The van der Waals surface area contributed by atoms with Gasteiger partial charge in [-0.2, -0.15) is 13.2 Å². The predicted octanol–water partition coefficient (Wildman–Crippen LogP) is 4.82. The van der Waals surface area contributed by atoms with Gasteiger partial charge in [0.05, 0.1) is 11.0 Å². The summed E-state index contributed by atoms with van der Waals surface area (Å²) in [6.45, 7) is 6.46. The number of anilines is 1. The summed E-state index contributed by atoms with van der Waals surface area (Å²) in [7, 11) is 0. The van der Waals surface area contributed by atoms with Crippen molar-refractivity contribution in [2.24, 2.45) is 0 Å². The van der Waals surface area contributed by atoms with E-state index in [9.17, 15) is 27.6 Å². The van der Waals surface area contributed by atoms with Crippen LogP contribution in [0, 0.1) is 13.8 Å². The Balaban J connectivity index is 2.18. The van der Waals surface area contributed by atoms with Gasteiger partial charge in [0.2, 0.25) is 11.6 Å². The number of carbonyl (C=O) groups excluding carboxylic acids is 2. The highest BCUT2D eigenvalue weighted by Gasteiger charge is 2.38.